The fourth-order valence-electron chi connectivity index (χ4n) is 5.20. The van der Waals surface area contributed by atoms with Crippen LogP contribution in [0.4, 0.5) is 4.79 Å². The molecule has 2 atom stereocenters. The third kappa shape index (κ3) is 6.18. The van der Waals surface area contributed by atoms with E-state index in [-0.39, 0.29) is 29.5 Å². The van der Waals surface area contributed by atoms with Gasteiger partial charge in [0.2, 0.25) is 0 Å². The van der Waals surface area contributed by atoms with Crippen molar-refractivity contribution in [1.82, 2.24) is 4.90 Å². The van der Waals surface area contributed by atoms with E-state index in [0.29, 0.717) is 13.0 Å². The van der Waals surface area contributed by atoms with Crippen molar-refractivity contribution in [3.63, 3.8) is 0 Å². The number of carbonyl (C=O) groups excluding carboxylic acids is 2. The minimum atomic E-state index is -2.76. The van der Waals surface area contributed by atoms with Crippen LogP contribution in [0.2, 0.25) is 5.04 Å². The number of likely N-dealkylation sites (tertiary alicyclic amines) is 1. The highest BCUT2D eigenvalue weighted by Crippen LogP contribution is 2.38. The van der Waals surface area contributed by atoms with Gasteiger partial charge in [0.25, 0.3) is 8.32 Å². The van der Waals surface area contributed by atoms with Crippen molar-refractivity contribution < 1.29 is 23.5 Å². The molecule has 36 heavy (non-hydrogen) atoms. The van der Waals surface area contributed by atoms with E-state index in [1.807, 2.05) is 32.9 Å². The van der Waals surface area contributed by atoms with Crippen LogP contribution in [0.3, 0.4) is 0 Å². The van der Waals surface area contributed by atoms with E-state index in [1.54, 1.807) is 4.90 Å². The number of benzene rings is 2. The summed E-state index contributed by atoms with van der Waals surface area (Å²) in [5.74, 6) is -0.331. The maximum absolute atomic E-state index is 13.3. The molecule has 0 spiro atoms. The third-order valence-electron chi connectivity index (χ3n) is 6.76. The summed E-state index contributed by atoms with van der Waals surface area (Å²) in [4.78, 5) is 27.2. The van der Waals surface area contributed by atoms with Gasteiger partial charge in [0.1, 0.15) is 5.60 Å². The molecule has 0 bridgehead atoms. The number of hydrogen-bond donors (Lipinski definition) is 0. The highest BCUT2D eigenvalue weighted by atomic mass is 28.4. The van der Waals surface area contributed by atoms with Crippen LogP contribution in [0.1, 0.15) is 60.8 Å². The van der Waals surface area contributed by atoms with Crippen molar-refractivity contribution in [3.05, 3.63) is 60.7 Å². The molecule has 1 saturated heterocycles. The van der Waals surface area contributed by atoms with Crippen molar-refractivity contribution in [2.45, 2.75) is 83.5 Å². The number of rotatable bonds is 7. The number of nitrogens with zero attached hydrogens (tertiary/aromatic N) is 1. The minimum absolute atomic E-state index is 0.144. The Morgan fingerprint density at radius 2 is 1.36 bits per heavy atom. The predicted molar refractivity (Wildman–Crippen MR) is 145 cm³/mol. The Kier molecular flexibility index (Phi) is 8.67. The van der Waals surface area contributed by atoms with Crippen LogP contribution in [0, 0.1) is 0 Å². The van der Waals surface area contributed by atoms with Crippen molar-refractivity contribution in [2.75, 3.05) is 13.7 Å². The van der Waals surface area contributed by atoms with E-state index in [4.69, 9.17) is 13.9 Å². The molecule has 6 nitrogen and oxygen atoms in total. The summed E-state index contributed by atoms with van der Waals surface area (Å²) >= 11 is 0. The van der Waals surface area contributed by atoms with Crippen LogP contribution in [-0.2, 0) is 18.7 Å². The smallest absolute Gasteiger partial charge is 0.410 e. The molecule has 1 fully saturated rings. The minimum Gasteiger partial charge on any atom is -0.469 e. The molecule has 3 rings (SSSR count). The molecule has 0 aromatic heterocycles. The molecule has 196 valence electrons. The highest BCUT2D eigenvalue weighted by molar-refractivity contribution is 6.99. The van der Waals surface area contributed by atoms with Crippen LogP contribution >= 0.6 is 0 Å². The van der Waals surface area contributed by atoms with Crippen molar-refractivity contribution in [2.24, 2.45) is 0 Å². The van der Waals surface area contributed by atoms with Gasteiger partial charge in [0.05, 0.1) is 26.2 Å². The molecule has 0 saturated carbocycles. The average molecular weight is 512 g/mol. The molecule has 0 radical (unpaired) electrons. The number of amides is 1. The van der Waals surface area contributed by atoms with E-state index in [1.165, 1.54) is 17.5 Å². The van der Waals surface area contributed by atoms with Crippen LogP contribution in [0.15, 0.2) is 60.7 Å². The number of hydrogen-bond acceptors (Lipinski definition) is 5. The number of carbonyl (C=O) groups is 2. The summed E-state index contributed by atoms with van der Waals surface area (Å²) in [6.45, 7) is 12.6. The van der Waals surface area contributed by atoms with E-state index in [0.717, 1.165) is 6.42 Å². The normalized spacial score (nSPS) is 18.7. The molecule has 0 N–H and O–H groups in total. The number of ether oxygens (including phenoxy) is 2. The molecule has 0 unspecified atom stereocenters. The van der Waals surface area contributed by atoms with Gasteiger partial charge in [-0.15, -0.1) is 0 Å². The monoisotopic (exact) mass is 511 g/mol. The zero-order valence-electron chi connectivity index (χ0n) is 22.7. The summed E-state index contributed by atoms with van der Waals surface area (Å²) in [5, 5.41) is 2.21. The summed E-state index contributed by atoms with van der Waals surface area (Å²) in [5.41, 5.74) is -0.640. The molecule has 1 aliphatic rings. The Balaban J connectivity index is 1.98. The van der Waals surface area contributed by atoms with Gasteiger partial charge in [-0.05, 0) is 49.0 Å². The second-order valence-electron chi connectivity index (χ2n) is 11.5. The first kappa shape index (κ1) is 27.9. The molecule has 2 aromatic rings. The molecule has 1 aliphatic heterocycles. The summed E-state index contributed by atoms with van der Waals surface area (Å²) in [7, 11) is -1.39. The first-order chi connectivity index (χ1) is 16.9. The van der Waals surface area contributed by atoms with Crippen molar-refractivity contribution in [1.29, 1.82) is 0 Å². The second kappa shape index (κ2) is 11.2. The second-order valence-corrected chi connectivity index (χ2v) is 15.8. The Morgan fingerprint density at radius 1 is 0.861 bits per heavy atom. The number of methoxy groups -OCH3 is 1. The van der Waals surface area contributed by atoms with Gasteiger partial charge < -0.3 is 13.9 Å². The highest BCUT2D eigenvalue weighted by Gasteiger charge is 2.51. The summed E-state index contributed by atoms with van der Waals surface area (Å²) in [6, 6.07) is 20.4. The zero-order valence-corrected chi connectivity index (χ0v) is 23.7. The molecule has 0 aliphatic carbocycles. The molecular formula is C29H41NO5Si. The predicted octanol–water partition coefficient (Wildman–Crippen LogP) is 4.89. The molecule has 2 aromatic carbocycles. The maximum Gasteiger partial charge on any atom is 0.410 e. The fraction of sp³-hybridized carbons (Fsp3) is 0.517. The van der Waals surface area contributed by atoms with Crippen LogP contribution < -0.4 is 10.4 Å². The number of esters is 1. The van der Waals surface area contributed by atoms with Gasteiger partial charge in [-0.1, -0.05) is 81.4 Å². The van der Waals surface area contributed by atoms with E-state index in [9.17, 15) is 9.59 Å². The van der Waals surface area contributed by atoms with Gasteiger partial charge in [-0.25, -0.2) is 4.79 Å². The quantitative estimate of drug-likeness (QED) is 0.391. The Hall–Kier alpha value is -2.64. The van der Waals surface area contributed by atoms with Crippen LogP contribution in [0.25, 0.3) is 0 Å². The Labute approximate surface area is 217 Å². The van der Waals surface area contributed by atoms with Gasteiger partial charge >= 0.3 is 12.1 Å². The molecular weight excluding hydrogens is 470 g/mol. The van der Waals surface area contributed by atoms with Crippen molar-refractivity contribution in [3.8, 4) is 0 Å². The standard InChI is InChI=1S/C29H41NO5Si/c1-28(2,3)35-27(32)30-22(20-26(31)33-7)18-19-23(30)21-34-36(29(4,5)6,24-14-10-8-11-15-24)25-16-12-9-13-17-25/h8-17,22-23H,18-21H2,1-7H3/t22-,23-/m0/s1. The molecule has 1 heterocycles. The summed E-state index contributed by atoms with van der Waals surface area (Å²) < 4.78 is 17.8. The SMILES string of the molecule is COC(=O)C[C@@H]1CC[C@@H](CO[Si](c2ccccc2)(c2ccccc2)C(C)(C)C)N1C(=O)OC(C)(C)C. The zero-order chi connectivity index (χ0) is 26.6. The van der Waals surface area contributed by atoms with Gasteiger partial charge in [-0.2, -0.15) is 0 Å². The fourth-order valence-corrected chi connectivity index (χ4v) is 9.79. The van der Waals surface area contributed by atoms with Crippen molar-refractivity contribution >= 4 is 30.8 Å². The molecule has 1 amide bonds. The first-order valence-corrected chi connectivity index (χ1v) is 14.6. The average Bonchev–Trinajstić information content (AvgIpc) is 3.21. The topological polar surface area (TPSA) is 65.1 Å². The van der Waals surface area contributed by atoms with Gasteiger partial charge in [0.15, 0.2) is 0 Å². The van der Waals surface area contributed by atoms with Gasteiger partial charge in [-0.3, -0.25) is 9.69 Å². The largest absolute Gasteiger partial charge is 0.469 e. The summed E-state index contributed by atoms with van der Waals surface area (Å²) in [6.07, 6.45) is 1.16. The first-order valence-electron chi connectivity index (χ1n) is 12.7. The van der Waals surface area contributed by atoms with E-state index >= 15 is 0 Å². The maximum atomic E-state index is 13.3. The Bertz CT molecular complexity index is 974. The van der Waals surface area contributed by atoms with E-state index in [2.05, 4.69) is 69.3 Å². The molecule has 7 heteroatoms. The third-order valence-corrected chi connectivity index (χ3v) is 11.8. The van der Waals surface area contributed by atoms with Crippen LogP contribution in [0.5, 0.6) is 0 Å². The van der Waals surface area contributed by atoms with E-state index < -0.39 is 20.0 Å². The Morgan fingerprint density at radius 3 is 1.81 bits per heavy atom. The lowest BCUT2D eigenvalue weighted by Gasteiger charge is -2.44. The van der Waals surface area contributed by atoms with Crippen LogP contribution in [-0.4, -0.2) is 56.7 Å². The van der Waals surface area contributed by atoms with Gasteiger partial charge in [0, 0.05) is 6.04 Å². The lowest BCUT2D eigenvalue weighted by Crippen LogP contribution is -2.67. The lowest BCUT2D eigenvalue weighted by atomic mass is 10.1. The lowest BCUT2D eigenvalue weighted by molar-refractivity contribution is -0.141.